The molecule has 0 saturated heterocycles. The van der Waals surface area contributed by atoms with Crippen molar-refractivity contribution in [3.05, 3.63) is 0 Å². The minimum Gasteiger partial charge on any atom is -0.481 e. The van der Waals surface area contributed by atoms with Gasteiger partial charge in [0.15, 0.2) is 5.78 Å². The molecule has 1 amide bonds. The maximum absolute atomic E-state index is 11.9. The number of nitrogens with one attached hydrogen (secondary N) is 1. The third-order valence-electron chi connectivity index (χ3n) is 3.76. The molecule has 0 aliphatic heterocycles. The summed E-state index contributed by atoms with van der Waals surface area (Å²) in [6.07, 6.45) is 2.66. The van der Waals surface area contributed by atoms with Crippen LogP contribution in [-0.2, 0) is 19.2 Å². The van der Waals surface area contributed by atoms with Gasteiger partial charge in [-0.3, -0.25) is 19.2 Å². The van der Waals surface area contributed by atoms with Crippen LogP contribution in [0.15, 0.2) is 0 Å². The summed E-state index contributed by atoms with van der Waals surface area (Å²) in [6, 6.07) is -0.952. The van der Waals surface area contributed by atoms with E-state index in [0.29, 0.717) is 12.8 Å². The van der Waals surface area contributed by atoms with Crippen molar-refractivity contribution >= 4 is 23.4 Å². The molecule has 0 rings (SSSR count). The van der Waals surface area contributed by atoms with E-state index in [1.54, 1.807) is 0 Å². The lowest BCUT2D eigenvalue weighted by Crippen LogP contribution is -2.43. The van der Waals surface area contributed by atoms with E-state index in [0.717, 1.165) is 12.8 Å². The topological polar surface area (TPSA) is 121 Å². The molecular weight excluding hydrogens is 314 g/mol. The molecule has 0 unspecified atom stereocenters. The summed E-state index contributed by atoms with van der Waals surface area (Å²) in [6.45, 7) is 3.29. The van der Waals surface area contributed by atoms with Crippen molar-refractivity contribution in [3.8, 4) is 0 Å². The average molecular weight is 343 g/mol. The molecule has 24 heavy (non-hydrogen) atoms. The van der Waals surface area contributed by atoms with E-state index in [1.807, 2.05) is 13.8 Å². The number of amides is 1. The average Bonchev–Trinajstić information content (AvgIpc) is 2.54. The summed E-state index contributed by atoms with van der Waals surface area (Å²) in [5.41, 5.74) is 0. The molecule has 0 aromatic carbocycles. The van der Waals surface area contributed by atoms with Gasteiger partial charge in [-0.05, 0) is 19.3 Å². The lowest BCUT2D eigenvalue weighted by Gasteiger charge is -2.16. The van der Waals surface area contributed by atoms with Gasteiger partial charge in [0.05, 0.1) is 12.5 Å². The number of ketones is 2. The first-order valence-electron chi connectivity index (χ1n) is 8.53. The van der Waals surface area contributed by atoms with E-state index < -0.39 is 30.4 Å². The quantitative estimate of drug-likeness (QED) is 0.439. The molecule has 0 heterocycles. The number of aliphatic carboxylic acids is 1. The highest BCUT2D eigenvalue weighted by Crippen LogP contribution is 2.15. The van der Waals surface area contributed by atoms with Gasteiger partial charge in [-0.25, -0.2) is 0 Å². The van der Waals surface area contributed by atoms with Gasteiger partial charge in [-0.2, -0.15) is 0 Å². The van der Waals surface area contributed by atoms with Crippen LogP contribution < -0.4 is 5.32 Å². The number of carboxylic acid groups (broad SMARTS) is 1. The van der Waals surface area contributed by atoms with Crippen LogP contribution >= 0.6 is 0 Å². The highest BCUT2D eigenvalue weighted by atomic mass is 16.4. The Morgan fingerprint density at radius 2 is 1.67 bits per heavy atom. The first-order chi connectivity index (χ1) is 11.3. The molecule has 0 aliphatic carbocycles. The second-order valence-corrected chi connectivity index (χ2v) is 5.94. The van der Waals surface area contributed by atoms with E-state index in [9.17, 15) is 19.2 Å². The molecule has 3 N–H and O–H groups in total. The van der Waals surface area contributed by atoms with Gasteiger partial charge in [-0.15, -0.1) is 0 Å². The molecule has 0 saturated carbocycles. The first-order valence-corrected chi connectivity index (χ1v) is 8.53. The van der Waals surface area contributed by atoms with Crippen LogP contribution in [0.1, 0.15) is 65.2 Å². The Bertz CT molecular complexity index is 435. The van der Waals surface area contributed by atoms with Crippen LogP contribution in [0.5, 0.6) is 0 Å². The third kappa shape index (κ3) is 9.39. The van der Waals surface area contributed by atoms with Crippen molar-refractivity contribution in [1.82, 2.24) is 5.32 Å². The molecule has 0 bridgehead atoms. The third-order valence-corrected chi connectivity index (χ3v) is 3.76. The zero-order valence-electron chi connectivity index (χ0n) is 14.5. The molecule has 0 radical (unpaired) electrons. The molecule has 0 aliphatic rings. The molecule has 0 fully saturated rings. The highest BCUT2D eigenvalue weighted by Gasteiger charge is 2.24. The van der Waals surface area contributed by atoms with Crippen molar-refractivity contribution in [1.29, 1.82) is 0 Å². The van der Waals surface area contributed by atoms with Crippen molar-refractivity contribution in [2.45, 2.75) is 71.3 Å². The lowest BCUT2D eigenvalue weighted by molar-refractivity contribution is -0.144. The highest BCUT2D eigenvalue weighted by molar-refractivity contribution is 5.89. The fourth-order valence-electron chi connectivity index (χ4n) is 2.28. The van der Waals surface area contributed by atoms with Crippen LogP contribution in [0.2, 0.25) is 0 Å². The molecule has 0 aromatic rings. The summed E-state index contributed by atoms with van der Waals surface area (Å²) in [5, 5.41) is 20.8. The number of Topliss-reactive ketones (excluding diaryl/α,β-unsaturated/α-hetero) is 2. The van der Waals surface area contributed by atoms with Crippen LogP contribution in [0.25, 0.3) is 0 Å². The molecular formula is C17H29NO6. The Labute approximate surface area is 142 Å². The largest absolute Gasteiger partial charge is 0.481 e. The van der Waals surface area contributed by atoms with Crippen LogP contribution in [0.3, 0.4) is 0 Å². The van der Waals surface area contributed by atoms with Gasteiger partial charge in [0.25, 0.3) is 0 Å². The van der Waals surface area contributed by atoms with Gasteiger partial charge in [-0.1, -0.05) is 20.3 Å². The minimum atomic E-state index is -1.10. The van der Waals surface area contributed by atoms with E-state index in [-0.39, 0.29) is 37.2 Å². The Balaban J connectivity index is 4.42. The standard InChI is InChI=1S/C17H29NO6/c1-3-5-7-13(20)10-12(17(23)24)8-9-16(22)18-14(11-19)15(21)6-4-2/h12,14,19H,3-11H2,1-2H3,(H,18,22)(H,23,24)/t12-,14+/m1/s1. The Morgan fingerprint density at radius 1 is 1.00 bits per heavy atom. The van der Waals surface area contributed by atoms with Gasteiger partial charge in [0.1, 0.15) is 11.8 Å². The monoisotopic (exact) mass is 343 g/mol. The zero-order chi connectivity index (χ0) is 18.5. The maximum Gasteiger partial charge on any atom is 0.306 e. The number of carbonyl (C=O) groups excluding carboxylic acids is 3. The van der Waals surface area contributed by atoms with Gasteiger partial charge >= 0.3 is 5.97 Å². The first kappa shape index (κ1) is 22.2. The minimum absolute atomic E-state index is 0.0269. The van der Waals surface area contributed by atoms with Crippen LogP contribution in [-0.4, -0.2) is 46.3 Å². The Kier molecular flexibility index (Phi) is 11.7. The number of hydrogen-bond donors (Lipinski definition) is 3. The van der Waals surface area contributed by atoms with Crippen LogP contribution in [0, 0.1) is 5.92 Å². The zero-order valence-corrected chi connectivity index (χ0v) is 14.5. The van der Waals surface area contributed by atoms with Gasteiger partial charge < -0.3 is 15.5 Å². The van der Waals surface area contributed by atoms with E-state index in [2.05, 4.69) is 5.32 Å². The van der Waals surface area contributed by atoms with E-state index >= 15 is 0 Å². The molecule has 2 atom stereocenters. The van der Waals surface area contributed by atoms with Gasteiger partial charge in [0, 0.05) is 25.7 Å². The summed E-state index contributed by atoms with van der Waals surface area (Å²) in [5.74, 6) is -2.87. The Morgan fingerprint density at radius 3 is 2.17 bits per heavy atom. The number of carboxylic acids is 1. The van der Waals surface area contributed by atoms with E-state index in [1.165, 1.54) is 0 Å². The second kappa shape index (κ2) is 12.6. The predicted octanol–water partition coefficient (Wildman–Crippen LogP) is 1.46. The van der Waals surface area contributed by atoms with Gasteiger partial charge in [0.2, 0.25) is 5.91 Å². The van der Waals surface area contributed by atoms with Crippen molar-refractivity contribution in [3.63, 3.8) is 0 Å². The summed E-state index contributed by atoms with van der Waals surface area (Å²) >= 11 is 0. The number of hydrogen-bond acceptors (Lipinski definition) is 5. The second-order valence-electron chi connectivity index (χ2n) is 5.94. The molecule has 7 nitrogen and oxygen atoms in total. The number of rotatable bonds is 14. The summed E-state index contributed by atoms with van der Waals surface area (Å²) in [7, 11) is 0. The number of unbranched alkanes of at least 4 members (excludes halogenated alkanes) is 1. The molecule has 0 aromatic heterocycles. The fourth-order valence-corrected chi connectivity index (χ4v) is 2.28. The summed E-state index contributed by atoms with van der Waals surface area (Å²) in [4.78, 5) is 46.5. The SMILES string of the molecule is CCCCC(=O)C[C@@H](CCC(=O)N[C@@H](CO)C(=O)CCC)C(=O)O. The predicted molar refractivity (Wildman–Crippen MR) is 88.4 cm³/mol. The maximum atomic E-state index is 11.9. The number of aliphatic hydroxyl groups excluding tert-OH is 1. The molecule has 0 spiro atoms. The molecule has 7 heteroatoms. The van der Waals surface area contributed by atoms with Crippen molar-refractivity contribution in [2.24, 2.45) is 5.92 Å². The lowest BCUT2D eigenvalue weighted by atomic mass is 9.95. The number of carbonyl (C=O) groups is 4. The van der Waals surface area contributed by atoms with E-state index in [4.69, 9.17) is 10.2 Å². The fraction of sp³-hybridized carbons (Fsp3) is 0.765. The van der Waals surface area contributed by atoms with Crippen molar-refractivity contribution in [2.75, 3.05) is 6.61 Å². The normalized spacial score (nSPS) is 13.1. The summed E-state index contributed by atoms with van der Waals surface area (Å²) < 4.78 is 0. The van der Waals surface area contributed by atoms with Crippen molar-refractivity contribution < 1.29 is 29.4 Å². The number of aliphatic hydroxyl groups is 1. The smallest absolute Gasteiger partial charge is 0.306 e. The molecule has 138 valence electrons. The van der Waals surface area contributed by atoms with Crippen LogP contribution in [0.4, 0.5) is 0 Å². The Hall–Kier alpha value is -1.76.